The second-order valence-corrected chi connectivity index (χ2v) is 19.8. The van der Waals surface area contributed by atoms with Crippen LogP contribution in [-0.2, 0) is 41.4 Å². The number of imidazole rings is 1. The number of unbranched alkanes of at least 4 members (excludes halogenated alkanes) is 15. The van der Waals surface area contributed by atoms with Gasteiger partial charge in [0.15, 0.2) is 17.2 Å². The van der Waals surface area contributed by atoms with E-state index >= 15 is 0 Å². The average Bonchev–Trinajstić information content (AvgIpc) is 4.05. The SMILES string of the molecule is CCCCCCCCCCCCCCCCCCOC(COP(=O)(O)OCC1CCC(n2cnc3c(=O)[nH]cnc32)O1)COP(=O)(O)OCC1OC(n2cc(C)c(=O)[nH]c2=O)CC1N=[N+]=N. The van der Waals surface area contributed by atoms with E-state index in [0.717, 1.165) is 30.3 Å². The number of fused-ring (bicyclic) bond motifs is 1. The first-order valence-corrected chi connectivity index (χ1v) is 26.2. The summed E-state index contributed by atoms with van der Waals surface area (Å²) < 4.78 is 67.7. The van der Waals surface area contributed by atoms with Crippen LogP contribution in [0, 0.1) is 12.5 Å². The van der Waals surface area contributed by atoms with Gasteiger partial charge in [0.2, 0.25) is 4.91 Å². The zero-order valence-corrected chi connectivity index (χ0v) is 39.8. The number of aromatic nitrogens is 6. The summed E-state index contributed by atoms with van der Waals surface area (Å²) >= 11 is 0. The third kappa shape index (κ3) is 17.5. The number of hydrogen-bond acceptors (Lipinski definition) is 16. The van der Waals surface area contributed by atoms with Crippen molar-refractivity contribution < 1.29 is 51.2 Å². The molecule has 2 fully saturated rings. The number of phosphoric ester groups is 2. The molecule has 23 nitrogen and oxygen atoms in total. The zero-order valence-electron chi connectivity index (χ0n) is 38.0. The molecule has 8 atom stereocenters. The molecule has 5 rings (SSSR count). The second kappa shape index (κ2) is 27.4. The fraction of sp³-hybridized carbons (Fsp3) is 0.780. The number of aromatic amines is 2. The summed E-state index contributed by atoms with van der Waals surface area (Å²) in [5.74, 6) is 0. The van der Waals surface area contributed by atoms with E-state index in [1.54, 1.807) is 4.57 Å². The molecule has 0 aromatic carbocycles. The van der Waals surface area contributed by atoms with E-state index in [9.17, 15) is 33.3 Å². The molecule has 25 heteroatoms. The molecule has 0 amide bonds. The Labute approximate surface area is 383 Å². The van der Waals surface area contributed by atoms with Gasteiger partial charge in [-0.15, -0.1) is 0 Å². The van der Waals surface area contributed by atoms with Crippen molar-refractivity contribution in [3.8, 4) is 0 Å². The monoisotopic (exact) mass is 972 g/mol. The fourth-order valence-electron chi connectivity index (χ4n) is 7.94. The molecular formula is C41H68N9O14P2+. The summed E-state index contributed by atoms with van der Waals surface area (Å²) in [4.78, 5) is 73.7. The fourth-order valence-corrected chi connectivity index (χ4v) is 9.49. The van der Waals surface area contributed by atoms with Crippen LogP contribution >= 0.6 is 15.6 Å². The lowest BCUT2D eigenvalue weighted by atomic mass is 10.0. The predicted octanol–water partition coefficient (Wildman–Crippen LogP) is 6.78. The highest BCUT2D eigenvalue weighted by Crippen LogP contribution is 2.47. The van der Waals surface area contributed by atoms with Gasteiger partial charge in [-0.05, 0) is 26.2 Å². The molecule has 2 saturated heterocycles. The zero-order chi connectivity index (χ0) is 47.4. The van der Waals surface area contributed by atoms with Gasteiger partial charge in [0.1, 0.15) is 35.3 Å². The van der Waals surface area contributed by atoms with Crippen LogP contribution < -0.4 is 21.7 Å². The van der Waals surface area contributed by atoms with Gasteiger partial charge in [-0.3, -0.25) is 41.8 Å². The van der Waals surface area contributed by atoms with Gasteiger partial charge in [0.05, 0.1) is 45.2 Å². The van der Waals surface area contributed by atoms with Gasteiger partial charge in [0.25, 0.3) is 11.1 Å². The number of aryl methyl sites for hydroxylation is 1. The topological polar surface area (TPSA) is 308 Å². The summed E-state index contributed by atoms with van der Waals surface area (Å²) in [6, 6.07) is -0.844. The lowest BCUT2D eigenvalue weighted by Gasteiger charge is -2.22. The number of nitrogens with zero attached hydrogens (tertiary/aromatic N) is 6. The van der Waals surface area contributed by atoms with Crippen LogP contribution in [0.2, 0.25) is 0 Å². The Balaban J connectivity index is 1.07. The quantitative estimate of drug-likeness (QED) is 0.0182. The Bertz CT molecular complexity index is 2270. The largest absolute Gasteiger partial charge is 0.472 e. The lowest BCUT2D eigenvalue weighted by molar-refractivity contribution is -0.0427. The van der Waals surface area contributed by atoms with Crippen LogP contribution in [-0.4, -0.2) is 96.2 Å². The molecule has 0 aliphatic carbocycles. The molecule has 2 aliphatic rings. The number of H-pyrrole nitrogens is 2. The molecule has 2 aliphatic heterocycles. The van der Waals surface area contributed by atoms with Crippen LogP contribution in [0.4, 0.5) is 0 Å². The molecule has 66 heavy (non-hydrogen) atoms. The van der Waals surface area contributed by atoms with Gasteiger partial charge < -0.3 is 29.0 Å². The molecular weight excluding hydrogens is 904 g/mol. The normalized spacial score (nSPS) is 22.0. The van der Waals surface area contributed by atoms with Crippen LogP contribution in [0.15, 0.2) is 38.3 Å². The van der Waals surface area contributed by atoms with E-state index in [-0.39, 0.29) is 30.7 Å². The van der Waals surface area contributed by atoms with Gasteiger partial charge in [-0.25, -0.2) is 23.9 Å². The molecule has 3 aromatic heterocycles. The van der Waals surface area contributed by atoms with E-state index in [0.29, 0.717) is 24.9 Å². The molecule has 8 unspecified atom stereocenters. The van der Waals surface area contributed by atoms with Gasteiger partial charge in [-0.2, -0.15) is 0 Å². The summed E-state index contributed by atoms with van der Waals surface area (Å²) in [6.45, 7) is 1.99. The first-order chi connectivity index (χ1) is 31.8. The Kier molecular flexibility index (Phi) is 22.2. The summed E-state index contributed by atoms with van der Waals surface area (Å²) in [5.41, 5.74) is 6.26. The third-order valence-corrected chi connectivity index (χ3v) is 13.6. The Morgan fingerprint density at radius 3 is 2.05 bits per heavy atom. The van der Waals surface area contributed by atoms with Crippen LogP contribution in [0.5, 0.6) is 0 Å². The molecule has 0 bridgehead atoms. The van der Waals surface area contributed by atoms with Gasteiger partial charge in [-0.1, -0.05) is 103 Å². The molecule has 370 valence electrons. The Hall–Kier alpha value is -3.56. The number of rotatable bonds is 33. The molecule has 5 heterocycles. The predicted molar refractivity (Wildman–Crippen MR) is 240 cm³/mol. The highest BCUT2D eigenvalue weighted by molar-refractivity contribution is 7.47. The van der Waals surface area contributed by atoms with E-state index in [1.165, 1.54) is 96.4 Å². The number of phosphoric acid groups is 2. The first kappa shape index (κ1) is 53.4. The van der Waals surface area contributed by atoms with E-state index < -0.39 is 89.1 Å². The van der Waals surface area contributed by atoms with Crippen molar-refractivity contribution in [2.24, 2.45) is 5.11 Å². The van der Waals surface area contributed by atoms with Crippen molar-refractivity contribution in [1.29, 1.82) is 5.53 Å². The van der Waals surface area contributed by atoms with Crippen molar-refractivity contribution >= 4 is 26.8 Å². The summed E-state index contributed by atoms with van der Waals surface area (Å²) in [7, 11) is -9.53. The lowest BCUT2D eigenvalue weighted by Crippen LogP contribution is -2.33. The molecule has 0 radical (unpaired) electrons. The number of hydrogen-bond donors (Lipinski definition) is 5. The average molecular weight is 973 g/mol. The van der Waals surface area contributed by atoms with Crippen LogP contribution in [0.25, 0.3) is 11.2 Å². The minimum atomic E-state index is -4.83. The van der Waals surface area contributed by atoms with Gasteiger partial charge >= 0.3 is 21.3 Å². The van der Waals surface area contributed by atoms with E-state index in [1.807, 2.05) is 0 Å². The van der Waals surface area contributed by atoms with Crippen molar-refractivity contribution in [3.05, 3.63) is 55.6 Å². The minimum Gasteiger partial charge on any atom is -0.373 e. The summed E-state index contributed by atoms with van der Waals surface area (Å²) in [6.07, 6.45) is 20.0. The van der Waals surface area contributed by atoms with Gasteiger partial charge in [0, 0.05) is 24.8 Å². The highest BCUT2D eigenvalue weighted by atomic mass is 31.2. The Morgan fingerprint density at radius 1 is 0.818 bits per heavy atom. The Morgan fingerprint density at radius 2 is 1.42 bits per heavy atom. The minimum absolute atomic E-state index is 0.0449. The maximum Gasteiger partial charge on any atom is 0.472 e. The van der Waals surface area contributed by atoms with E-state index in [4.69, 9.17) is 37.8 Å². The molecule has 0 spiro atoms. The maximum atomic E-state index is 13.1. The number of ether oxygens (including phenoxy) is 3. The number of nitrogens with one attached hydrogen (secondary N) is 3. The van der Waals surface area contributed by atoms with Crippen molar-refractivity contribution in [2.75, 3.05) is 33.0 Å². The van der Waals surface area contributed by atoms with Crippen molar-refractivity contribution in [3.63, 3.8) is 0 Å². The second-order valence-electron chi connectivity index (χ2n) is 16.9. The summed E-state index contributed by atoms with van der Waals surface area (Å²) in [5, 5.41) is 3.80. The van der Waals surface area contributed by atoms with E-state index in [2.05, 4.69) is 36.9 Å². The standard InChI is InChI=1S/C41H67N9O14P2/c1-3-4-5-6-7-8-9-10-11-12-13-14-15-16-17-18-21-58-32(25-60-65(54,55)59-24-31-19-20-35(63-31)50-29-45-37-38(50)43-28-44-40(37)52)26-61-66(56,57)62-27-34-33(47-48-42)22-36(64-34)49-23-30(2)39(51)46-41(49)53/h23,28-29,31-36,42H,3-22,24-27H2,1-2H3,(H3-,43,44,46,51,52,53,54,55,56,57)/p+1. The molecule has 5 N–H and O–H groups in total. The maximum absolute atomic E-state index is 13.1. The molecule has 3 aromatic rings. The van der Waals surface area contributed by atoms with Crippen LogP contribution in [0.1, 0.15) is 147 Å². The van der Waals surface area contributed by atoms with Crippen molar-refractivity contribution in [2.45, 2.75) is 173 Å². The highest BCUT2D eigenvalue weighted by Gasteiger charge is 2.42. The van der Waals surface area contributed by atoms with Crippen LogP contribution in [0.3, 0.4) is 0 Å². The third-order valence-electron chi connectivity index (χ3n) is 11.7. The smallest absolute Gasteiger partial charge is 0.373 e. The van der Waals surface area contributed by atoms with Crippen molar-refractivity contribution in [1.82, 2.24) is 34.0 Å². The molecule has 0 saturated carbocycles. The first-order valence-electron chi connectivity index (χ1n) is 23.2.